The van der Waals surface area contributed by atoms with E-state index in [-0.39, 0.29) is 17.7 Å². The van der Waals surface area contributed by atoms with Gasteiger partial charge in [0.25, 0.3) is 5.91 Å². The Bertz CT molecular complexity index is 638. The number of carbonyl (C=O) groups excluding carboxylic acids is 2. The summed E-state index contributed by atoms with van der Waals surface area (Å²) >= 11 is 1.64. The first-order valence-corrected chi connectivity index (χ1v) is 10.4. The number of carbonyl (C=O) groups is 2. The zero-order valence-electron chi connectivity index (χ0n) is 15.7. The summed E-state index contributed by atoms with van der Waals surface area (Å²) in [4.78, 5) is 35.9. The van der Waals surface area contributed by atoms with Gasteiger partial charge in [0.2, 0.25) is 5.91 Å². The van der Waals surface area contributed by atoms with Crippen LogP contribution in [0.1, 0.15) is 30.1 Å². The van der Waals surface area contributed by atoms with Gasteiger partial charge in [-0.2, -0.15) is 0 Å². The van der Waals surface area contributed by atoms with E-state index in [2.05, 4.69) is 23.9 Å². The maximum atomic E-state index is 12.8. The standard InChI is InChI=1S/C19H28N4O2S/c1-3-26-17-14-16(4-7-20-17)19(25)22-8-5-15(6-9-22)18(24)23-12-10-21(2)11-13-23/h4,7,14-15H,3,5-6,8-13H2,1-2H3. The number of thioether (sulfide) groups is 1. The normalized spacial score (nSPS) is 19.6. The lowest BCUT2D eigenvalue weighted by Crippen LogP contribution is -2.51. The summed E-state index contributed by atoms with van der Waals surface area (Å²) in [6, 6.07) is 3.65. The molecule has 0 N–H and O–H groups in total. The van der Waals surface area contributed by atoms with E-state index in [1.165, 1.54) is 0 Å². The average molecular weight is 377 g/mol. The monoisotopic (exact) mass is 376 g/mol. The Morgan fingerprint density at radius 3 is 2.46 bits per heavy atom. The molecule has 6 nitrogen and oxygen atoms in total. The van der Waals surface area contributed by atoms with Gasteiger partial charge in [0.05, 0.1) is 5.03 Å². The summed E-state index contributed by atoms with van der Waals surface area (Å²) in [5, 5.41) is 0.887. The fraction of sp³-hybridized carbons (Fsp3) is 0.632. The van der Waals surface area contributed by atoms with Gasteiger partial charge in [-0.25, -0.2) is 4.98 Å². The van der Waals surface area contributed by atoms with Crippen molar-refractivity contribution >= 4 is 23.6 Å². The number of aromatic nitrogens is 1. The molecule has 0 bridgehead atoms. The van der Waals surface area contributed by atoms with E-state index in [0.717, 1.165) is 49.8 Å². The molecule has 1 aromatic heterocycles. The minimum absolute atomic E-state index is 0.0517. The smallest absolute Gasteiger partial charge is 0.254 e. The quantitative estimate of drug-likeness (QED) is 0.751. The van der Waals surface area contributed by atoms with Crippen LogP contribution < -0.4 is 0 Å². The molecule has 2 aliphatic rings. The second-order valence-electron chi connectivity index (χ2n) is 7.01. The molecule has 0 aliphatic carbocycles. The minimum atomic E-state index is 0.0517. The highest BCUT2D eigenvalue weighted by Gasteiger charge is 2.31. The molecule has 2 amide bonds. The van der Waals surface area contributed by atoms with E-state index in [1.807, 2.05) is 15.9 Å². The number of hydrogen-bond donors (Lipinski definition) is 0. The van der Waals surface area contributed by atoms with Crippen LogP contribution in [0.2, 0.25) is 0 Å². The van der Waals surface area contributed by atoms with Crippen molar-refractivity contribution in [1.82, 2.24) is 19.7 Å². The number of amides is 2. The van der Waals surface area contributed by atoms with Crippen molar-refractivity contribution in [3.05, 3.63) is 23.9 Å². The lowest BCUT2D eigenvalue weighted by Gasteiger charge is -2.37. The minimum Gasteiger partial charge on any atom is -0.340 e. The van der Waals surface area contributed by atoms with E-state index >= 15 is 0 Å². The summed E-state index contributed by atoms with van der Waals surface area (Å²) in [6.07, 6.45) is 3.23. The van der Waals surface area contributed by atoms with Crippen molar-refractivity contribution in [2.45, 2.75) is 24.8 Å². The molecule has 0 unspecified atom stereocenters. The van der Waals surface area contributed by atoms with Crippen molar-refractivity contribution < 1.29 is 9.59 Å². The number of hydrogen-bond acceptors (Lipinski definition) is 5. The molecular formula is C19H28N4O2S. The van der Waals surface area contributed by atoms with Gasteiger partial charge in [-0.05, 0) is 37.8 Å². The van der Waals surface area contributed by atoms with E-state index in [4.69, 9.17) is 0 Å². The van der Waals surface area contributed by atoms with Crippen LogP contribution in [0, 0.1) is 5.92 Å². The second kappa shape index (κ2) is 8.86. The third-order valence-electron chi connectivity index (χ3n) is 5.22. The molecule has 3 rings (SSSR count). The molecule has 2 saturated heterocycles. The van der Waals surface area contributed by atoms with Crippen LogP contribution in [0.5, 0.6) is 0 Å². The maximum Gasteiger partial charge on any atom is 0.254 e. The summed E-state index contributed by atoms with van der Waals surface area (Å²) in [7, 11) is 2.09. The summed E-state index contributed by atoms with van der Waals surface area (Å²) < 4.78 is 0. The predicted molar refractivity (Wildman–Crippen MR) is 103 cm³/mol. The number of likely N-dealkylation sites (N-methyl/N-ethyl adjacent to an activating group) is 1. The van der Waals surface area contributed by atoms with Crippen molar-refractivity contribution in [2.75, 3.05) is 52.1 Å². The Morgan fingerprint density at radius 2 is 1.81 bits per heavy atom. The van der Waals surface area contributed by atoms with Crippen LogP contribution in [0.15, 0.2) is 23.4 Å². The Labute approximate surface area is 159 Å². The largest absolute Gasteiger partial charge is 0.340 e. The summed E-state index contributed by atoms with van der Waals surface area (Å²) in [5.41, 5.74) is 0.694. The van der Waals surface area contributed by atoms with Crippen molar-refractivity contribution in [1.29, 1.82) is 0 Å². The number of piperazine rings is 1. The zero-order chi connectivity index (χ0) is 18.5. The van der Waals surface area contributed by atoms with Gasteiger partial charge in [-0.15, -0.1) is 11.8 Å². The van der Waals surface area contributed by atoms with E-state index in [9.17, 15) is 9.59 Å². The highest BCUT2D eigenvalue weighted by molar-refractivity contribution is 7.99. The zero-order valence-corrected chi connectivity index (χ0v) is 16.5. The fourth-order valence-electron chi connectivity index (χ4n) is 3.57. The van der Waals surface area contributed by atoms with Crippen LogP contribution in [-0.4, -0.2) is 83.6 Å². The van der Waals surface area contributed by atoms with Crippen molar-refractivity contribution in [2.24, 2.45) is 5.92 Å². The fourth-order valence-corrected chi connectivity index (χ4v) is 4.21. The van der Waals surface area contributed by atoms with Crippen LogP contribution in [0.3, 0.4) is 0 Å². The van der Waals surface area contributed by atoms with Gasteiger partial charge in [0.1, 0.15) is 0 Å². The Balaban J connectivity index is 1.54. The molecule has 142 valence electrons. The van der Waals surface area contributed by atoms with Crippen molar-refractivity contribution in [3.63, 3.8) is 0 Å². The van der Waals surface area contributed by atoms with Crippen molar-refractivity contribution in [3.8, 4) is 0 Å². The molecular weight excluding hydrogens is 348 g/mol. The molecule has 0 saturated carbocycles. The molecule has 3 heterocycles. The van der Waals surface area contributed by atoms with Gasteiger partial charge in [-0.3, -0.25) is 9.59 Å². The highest BCUT2D eigenvalue weighted by Crippen LogP contribution is 2.23. The highest BCUT2D eigenvalue weighted by atomic mass is 32.2. The second-order valence-corrected chi connectivity index (χ2v) is 8.30. The first-order chi connectivity index (χ1) is 12.6. The number of rotatable bonds is 4. The van der Waals surface area contributed by atoms with Gasteiger partial charge in [0, 0.05) is 56.9 Å². The topological polar surface area (TPSA) is 56.8 Å². The molecule has 0 spiro atoms. The molecule has 0 atom stereocenters. The SMILES string of the molecule is CCSc1cc(C(=O)N2CCC(C(=O)N3CCN(C)CC3)CC2)ccn1. The lowest BCUT2D eigenvalue weighted by molar-refractivity contribution is -0.138. The van der Waals surface area contributed by atoms with E-state index in [0.29, 0.717) is 18.7 Å². The molecule has 26 heavy (non-hydrogen) atoms. The summed E-state index contributed by atoms with van der Waals surface area (Å²) in [5.74, 6) is 1.32. The van der Waals surface area contributed by atoms with Gasteiger partial charge >= 0.3 is 0 Å². The van der Waals surface area contributed by atoms with Crippen LogP contribution >= 0.6 is 11.8 Å². The van der Waals surface area contributed by atoms with Crippen LogP contribution in [-0.2, 0) is 4.79 Å². The van der Waals surface area contributed by atoms with E-state index in [1.54, 1.807) is 24.0 Å². The molecule has 2 aliphatic heterocycles. The number of piperidine rings is 1. The maximum absolute atomic E-state index is 12.8. The van der Waals surface area contributed by atoms with Crippen LogP contribution in [0.25, 0.3) is 0 Å². The Morgan fingerprint density at radius 1 is 1.12 bits per heavy atom. The van der Waals surface area contributed by atoms with Gasteiger partial charge < -0.3 is 14.7 Å². The molecule has 1 aromatic rings. The first-order valence-electron chi connectivity index (χ1n) is 9.44. The number of pyridine rings is 1. The first kappa shape index (κ1) is 19.2. The number of likely N-dealkylation sites (tertiary alicyclic amines) is 1. The molecule has 7 heteroatoms. The third kappa shape index (κ3) is 4.57. The molecule has 0 radical (unpaired) electrons. The Hall–Kier alpha value is -1.60. The lowest BCUT2D eigenvalue weighted by atomic mass is 9.94. The predicted octanol–water partition coefficient (Wildman–Crippen LogP) is 1.82. The van der Waals surface area contributed by atoms with Crippen LogP contribution in [0.4, 0.5) is 0 Å². The van der Waals surface area contributed by atoms with Gasteiger partial charge in [0.15, 0.2) is 0 Å². The Kier molecular flexibility index (Phi) is 6.53. The summed E-state index contributed by atoms with van der Waals surface area (Å²) in [6.45, 7) is 6.92. The average Bonchev–Trinajstić information content (AvgIpc) is 2.68. The number of nitrogens with zero attached hydrogens (tertiary/aromatic N) is 4. The molecule has 2 fully saturated rings. The van der Waals surface area contributed by atoms with Gasteiger partial charge in [-0.1, -0.05) is 6.92 Å². The van der Waals surface area contributed by atoms with E-state index < -0.39 is 0 Å². The third-order valence-corrected chi connectivity index (χ3v) is 6.03. The molecule has 0 aromatic carbocycles.